The van der Waals surface area contributed by atoms with E-state index in [0.29, 0.717) is 5.52 Å². The summed E-state index contributed by atoms with van der Waals surface area (Å²) in [4.78, 5) is 43.6. The lowest BCUT2D eigenvalue weighted by atomic mass is 9.94. The van der Waals surface area contributed by atoms with E-state index in [0.717, 1.165) is 15.7 Å². The summed E-state index contributed by atoms with van der Waals surface area (Å²) in [5.74, 6) is -3.06. The molecule has 4 rings (SSSR count). The van der Waals surface area contributed by atoms with Gasteiger partial charge >= 0.3 is 6.18 Å². The van der Waals surface area contributed by atoms with Gasteiger partial charge in [-0.25, -0.2) is 4.98 Å². The van der Waals surface area contributed by atoms with Gasteiger partial charge in [0.05, 0.1) is 17.5 Å². The number of imidazole rings is 1. The van der Waals surface area contributed by atoms with E-state index in [2.05, 4.69) is 10.3 Å². The van der Waals surface area contributed by atoms with E-state index in [1.165, 1.54) is 12.0 Å². The molecular formula is C22H25F3N4O4. The number of hydrogen-bond donors (Lipinski definition) is 1. The highest BCUT2D eigenvalue weighted by atomic mass is 19.4. The molecule has 1 saturated heterocycles. The zero-order chi connectivity index (χ0) is 24.1. The van der Waals surface area contributed by atoms with Crippen LogP contribution in [0.25, 0.3) is 11.0 Å². The van der Waals surface area contributed by atoms with Crippen LogP contribution in [0.15, 0.2) is 12.1 Å². The van der Waals surface area contributed by atoms with Gasteiger partial charge in [-0.15, -0.1) is 0 Å². The van der Waals surface area contributed by atoms with Crippen LogP contribution in [0.4, 0.5) is 13.2 Å². The number of ketones is 1. The highest BCUT2D eigenvalue weighted by molar-refractivity contribution is 5.98. The van der Waals surface area contributed by atoms with Crippen molar-refractivity contribution in [3.63, 3.8) is 0 Å². The van der Waals surface area contributed by atoms with Crippen LogP contribution in [0.3, 0.4) is 0 Å². The summed E-state index contributed by atoms with van der Waals surface area (Å²) in [6, 6.07) is 3.24. The summed E-state index contributed by atoms with van der Waals surface area (Å²) in [7, 11) is 1.39. The number of amides is 2. The van der Waals surface area contributed by atoms with E-state index in [9.17, 15) is 27.6 Å². The van der Waals surface area contributed by atoms with Crippen molar-refractivity contribution in [3.8, 4) is 0 Å². The minimum Gasteiger partial charge on any atom is -0.375 e. The Balaban J connectivity index is 1.67. The number of aromatic nitrogens is 2. The molecule has 8 nitrogen and oxygen atoms in total. The molecule has 0 radical (unpaired) electrons. The minimum atomic E-state index is -5.08. The number of piperidine rings is 1. The number of nitrogens with one attached hydrogen (secondary N) is 1. The standard InChI is InChI=1S/C22H25F3N4O4/c1-12-8-15-16(9-13(12)2)29-18(26-15)10-17(30)21(29,22(23,24)25)27-20(32)14-4-6-28(7-5-14)19(31)11-33-3/h8-9,14H,4-7,10-11H2,1-3H3,(H,27,32). The van der Waals surface area contributed by atoms with Crippen molar-refractivity contribution in [3.05, 3.63) is 29.1 Å². The molecule has 1 N–H and O–H groups in total. The molecule has 3 heterocycles. The number of fused-ring (bicyclic) bond motifs is 3. The monoisotopic (exact) mass is 466 g/mol. The maximum Gasteiger partial charge on any atom is 0.438 e. The fraction of sp³-hybridized carbons (Fsp3) is 0.545. The number of rotatable bonds is 4. The zero-order valence-corrected chi connectivity index (χ0v) is 18.6. The SMILES string of the molecule is COCC(=O)N1CCC(C(=O)NC2(C(F)(F)F)C(=O)Cc3nc4cc(C)c(C)cc4n32)CC1. The van der Waals surface area contributed by atoms with Crippen LogP contribution < -0.4 is 5.32 Å². The van der Waals surface area contributed by atoms with Crippen LogP contribution in [0, 0.1) is 19.8 Å². The second-order valence-electron chi connectivity index (χ2n) is 8.67. The Labute approximate surface area is 188 Å². The molecule has 2 aliphatic rings. The number of aryl methyl sites for hydroxylation is 2. The average molecular weight is 466 g/mol. The Hall–Kier alpha value is -2.95. The van der Waals surface area contributed by atoms with Crippen molar-refractivity contribution < 1.29 is 32.3 Å². The maximum absolute atomic E-state index is 14.6. The molecular weight excluding hydrogens is 441 g/mol. The molecule has 2 aromatic rings. The normalized spacial score (nSPS) is 21.5. The maximum atomic E-state index is 14.6. The van der Waals surface area contributed by atoms with Crippen molar-refractivity contribution in [2.75, 3.05) is 26.8 Å². The molecule has 11 heteroatoms. The van der Waals surface area contributed by atoms with Crippen LogP contribution in [0.2, 0.25) is 0 Å². The lowest BCUT2D eigenvalue weighted by molar-refractivity contribution is -0.219. The van der Waals surface area contributed by atoms with Crippen molar-refractivity contribution >= 4 is 28.6 Å². The molecule has 1 aromatic heterocycles. The molecule has 0 saturated carbocycles. The number of alkyl halides is 3. The van der Waals surface area contributed by atoms with Gasteiger partial charge in [-0.3, -0.25) is 19.0 Å². The van der Waals surface area contributed by atoms with Gasteiger partial charge in [0.15, 0.2) is 5.78 Å². The van der Waals surface area contributed by atoms with E-state index in [-0.39, 0.29) is 49.8 Å². The van der Waals surface area contributed by atoms with E-state index in [1.807, 2.05) is 6.92 Å². The van der Waals surface area contributed by atoms with Gasteiger partial charge in [-0.2, -0.15) is 13.2 Å². The molecule has 33 heavy (non-hydrogen) atoms. The number of carbonyl (C=O) groups is 3. The Morgan fingerprint density at radius 1 is 1.21 bits per heavy atom. The van der Waals surface area contributed by atoms with E-state index in [1.54, 1.807) is 19.1 Å². The average Bonchev–Trinajstić information content (AvgIpc) is 3.22. The van der Waals surface area contributed by atoms with Gasteiger partial charge in [0.1, 0.15) is 12.4 Å². The highest BCUT2D eigenvalue weighted by Gasteiger charge is 2.67. The number of nitrogens with zero attached hydrogens (tertiary/aromatic N) is 3. The zero-order valence-electron chi connectivity index (χ0n) is 18.6. The third-order valence-electron chi connectivity index (χ3n) is 6.60. The third kappa shape index (κ3) is 3.68. The largest absolute Gasteiger partial charge is 0.438 e. The molecule has 2 amide bonds. The number of carbonyl (C=O) groups excluding carboxylic acids is 3. The minimum absolute atomic E-state index is 0.0300. The van der Waals surface area contributed by atoms with Crippen molar-refractivity contribution in [1.29, 1.82) is 0 Å². The fourth-order valence-electron chi connectivity index (χ4n) is 4.64. The summed E-state index contributed by atoms with van der Waals surface area (Å²) < 4.78 is 49.3. The number of ether oxygens (including phenoxy) is 1. The van der Waals surface area contributed by atoms with Gasteiger partial charge in [0.25, 0.3) is 5.66 Å². The van der Waals surface area contributed by atoms with E-state index in [4.69, 9.17) is 4.74 Å². The molecule has 0 spiro atoms. The summed E-state index contributed by atoms with van der Waals surface area (Å²) in [6.45, 7) is 3.94. The Kier molecular flexibility index (Phi) is 5.71. The first-order valence-electron chi connectivity index (χ1n) is 10.7. The molecule has 178 valence electrons. The van der Waals surface area contributed by atoms with Crippen LogP contribution in [-0.2, 0) is 31.2 Å². The van der Waals surface area contributed by atoms with Gasteiger partial charge in [-0.1, -0.05) is 0 Å². The molecule has 0 aliphatic carbocycles. The van der Waals surface area contributed by atoms with Crippen LogP contribution in [0.5, 0.6) is 0 Å². The van der Waals surface area contributed by atoms with Crippen LogP contribution >= 0.6 is 0 Å². The number of halogens is 3. The summed E-state index contributed by atoms with van der Waals surface area (Å²) >= 11 is 0. The molecule has 1 aromatic carbocycles. The van der Waals surface area contributed by atoms with Crippen molar-refractivity contribution in [2.24, 2.45) is 5.92 Å². The first kappa shape index (κ1) is 23.2. The summed E-state index contributed by atoms with van der Waals surface area (Å²) in [5, 5.41) is 2.07. The third-order valence-corrected chi connectivity index (χ3v) is 6.60. The lowest BCUT2D eigenvalue weighted by Crippen LogP contribution is -2.64. The predicted molar refractivity (Wildman–Crippen MR) is 111 cm³/mol. The van der Waals surface area contributed by atoms with Gasteiger partial charge < -0.3 is 15.0 Å². The predicted octanol–water partition coefficient (Wildman–Crippen LogP) is 1.99. The number of hydrogen-bond acceptors (Lipinski definition) is 5. The summed E-state index contributed by atoms with van der Waals surface area (Å²) in [5.41, 5.74) is -1.11. The van der Waals surface area contributed by atoms with E-state index < -0.39 is 35.9 Å². The second-order valence-corrected chi connectivity index (χ2v) is 8.67. The molecule has 0 bridgehead atoms. The van der Waals surface area contributed by atoms with Crippen molar-refractivity contribution in [1.82, 2.24) is 19.8 Å². The van der Waals surface area contributed by atoms with Crippen molar-refractivity contribution in [2.45, 2.75) is 44.9 Å². The molecule has 1 unspecified atom stereocenters. The van der Waals surface area contributed by atoms with Gasteiger partial charge in [0, 0.05) is 26.1 Å². The lowest BCUT2D eigenvalue weighted by Gasteiger charge is -2.36. The van der Waals surface area contributed by atoms with Gasteiger partial charge in [0.2, 0.25) is 11.8 Å². The molecule has 1 fully saturated rings. The highest BCUT2D eigenvalue weighted by Crippen LogP contribution is 2.44. The first-order valence-corrected chi connectivity index (χ1v) is 10.7. The Bertz CT molecular complexity index is 1130. The molecule has 1 atom stereocenters. The Morgan fingerprint density at radius 3 is 2.45 bits per heavy atom. The summed E-state index contributed by atoms with van der Waals surface area (Å²) in [6.07, 6.45) is -5.22. The van der Waals surface area contributed by atoms with Gasteiger partial charge in [-0.05, 0) is 49.9 Å². The van der Waals surface area contributed by atoms with E-state index >= 15 is 0 Å². The number of Topliss-reactive ketones (excluding diaryl/α,β-unsaturated/α-hetero) is 1. The van der Waals surface area contributed by atoms with Crippen LogP contribution in [0.1, 0.15) is 29.8 Å². The first-order chi connectivity index (χ1) is 15.5. The number of benzene rings is 1. The second kappa shape index (κ2) is 8.12. The van der Waals surface area contributed by atoms with Crippen LogP contribution in [-0.4, -0.2) is 65.0 Å². The quantitative estimate of drug-likeness (QED) is 0.744. The molecule has 2 aliphatic heterocycles. The fourth-order valence-corrected chi connectivity index (χ4v) is 4.64. The number of methoxy groups -OCH3 is 1. The topological polar surface area (TPSA) is 93.5 Å². The smallest absolute Gasteiger partial charge is 0.375 e. The number of likely N-dealkylation sites (tertiary alicyclic amines) is 1. The Morgan fingerprint density at radius 2 is 1.85 bits per heavy atom.